The van der Waals surface area contributed by atoms with Gasteiger partial charge in [-0.1, -0.05) is 0 Å². The number of nitrogens with zero attached hydrogens (tertiary/aromatic N) is 1. The van der Waals surface area contributed by atoms with Crippen molar-refractivity contribution in [2.24, 2.45) is 0 Å². The number of nitrogens with one attached hydrogen (secondary N) is 1. The van der Waals surface area contributed by atoms with Gasteiger partial charge in [0.05, 0.1) is 26.7 Å². The molecule has 5 heteroatoms. The van der Waals surface area contributed by atoms with E-state index in [4.69, 9.17) is 13.9 Å². The van der Waals surface area contributed by atoms with Crippen molar-refractivity contribution in [2.45, 2.75) is 6.54 Å². The third kappa shape index (κ3) is 2.63. The molecule has 0 saturated heterocycles. The number of methoxy groups -OCH3 is 2. The maximum absolute atomic E-state index is 5.35. The molecule has 0 aliphatic rings. The first-order chi connectivity index (χ1) is 10.3. The van der Waals surface area contributed by atoms with Gasteiger partial charge in [0.25, 0.3) is 0 Å². The first-order valence-corrected chi connectivity index (χ1v) is 6.57. The summed E-state index contributed by atoms with van der Waals surface area (Å²) in [7, 11) is 3.25. The molecule has 1 aromatic carbocycles. The SMILES string of the molecule is COc1cc2ccnc(NCc3ccoc3)c2cc1OC. The zero-order valence-electron chi connectivity index (χ0n) is 11.9. The fraction of sp³-hybridized carbons (Fsp3) is 0.188. The van der Waals surface area contributed by atoms with Crippen molar-refractivity contribution >= 4 is 16.6 Å². The maximum atomic E-state index is 5.35. The lowest BCUT2D eigenvalue weighted by Crippen LogP contribution is -2.01. The molecule has 0 amide bonds. The van der Waals surface area contributed by atoms with Crippen LogP contribution in [0.25, 0.3) is 10.8 Å². The highest BCUT2D eigenvalue weighted by atomic mass is 16.5. The number of pyridine rings is 1. The average molecular weight is 284 g/mol. The van der Waals surface area contributed by atoms with Crippen molar-refractivity contribution < 1.29 is 13.9 Å². The van der Waals surface area contributed by atoms with E-state index in [0.29, 0.717) is 18.0 Å². The molecule has 21 heavy (non-hydrogen) atoms. The Hall–Kier alpha value is -2.69. The van der Waals surface area contributed by atoms with Crippen LogP contribution in [0.5, 0.6) is 11.5 Å². The standard InChI is InChI=1S/C16H16N2O3/c1-19-14-7-12-3-5-17-16(13(12)8-15(14)20-2)18-9-11-4-6-21-10-11/h3-8,10H,9H2,1-2H3,(H,17,18). The number of fused-ring (bicyclic) bond motifs is 1. The molecular formula is C16H16N2O3. The number of aromatic nitrogens is 1. The predicted molar refractivity (Wildman–Crippen MR) is 80.9 cm³/mol. The quantitative estimate of drug-likeness (QED) is 0.777. The molecule has 0 aliphatic carbocycles. The lowest BCUT2D eigenvalue weighted by Gasteiger charge is -2.12. The Kier molecular flexibility index (Phi) is 3.64. The van der Waals surface area contributed by atoms with Crippen LogP contribution in [0.1, 0.15) is 5.56 Å². The molecule has 5 nitrogen and oxygen atoms in total. The second-order valence-corrected chi connectivity index (χ2v) is 4.57. The second kappa shape index (κ2) is 5.75. The molecule has 0 saturated carbocycles. The molecule has 108 valence electrons. The number of benzene rings is 1. The third-order valence-corrected chi connectivity index (χ3v) is 3.31. The van der Waals surface area contributed by atoms with Gasteiger partial charge in [0.15, 0.2) is 11.5 Å². The number of furan rings is 1. The minimum Gasteiger partial charge on any atom is -0.493 e. The highest BCUT2D eigenvalue weighted by molar-refractivity contribution is 5.94. The summed E-state index contributed by atoms with van der Waals surface area (Å²) in [5.41, 5.74) is 1.06. The van der Waals surface area contributed by atoms with E-state index in [0.717, 1.165) is 22.2 Å². The number of hydrogen-bond donors (Lipinski definition) is 1. The van der Waals surface area contributed by atoms with Crippen LogP contribution in [0.3, 0.4) is 0 Å². The summed E-state index contributed by atoms with van der Waals surface area (Å²) >= 11 is 0. The minimum atomic E-state index is 0.650. The monoisotopic (exact) mass is 284 g/mol. The summed E-state index contributed by atoms with van der Waals surface area (Å²) < 4.78 is 15.7. The Balaban J connectivity index is 1.98. The van der Waals surface area contributed by atoms with E-state index < -0.39 is 0 Å². The maximum Gasteiger partial charge on any atom is 0.161 e. The predicted octanol–water partition coefficient (Wildman–Crippen LogP) is 3.46. The van der Waals surface area contributed by atoms with E-state index in [1.165, 1.54) is 0 Å². The van der Waals surface area contributed by atoms with Crippen LogP contribution in [0.2, 0.25) is 0 Å². The number of anilines is 1. The fourth-order valence-corrected chi connectivity index (χ4v) is 2.22. The Labute approximate surface area is 122 Å². The molecule has 0 spiro atoms. The molecule has 2 aromatic heterocycles. The molecule has 3 aromatic rings. The van der Waals surface area contributed by atoms with Crippen molar-refractivity contribution in [3.8, 4) is 11.5 Å². The number of hydrogen-bond acceptors (Lipinski definition) is 5. The van der Waals surface area contributed by atoms with Gasteiger partial charge in [-0.25, -0.2) is 4.98 Å². The van der Waals surface area contributed by atoms with E-state index in [9.17, 15) is 0 Å². The van der Waals surface area contributed by atoms with Crippen LogP contribution < -0.4 is 14.8 Å². The molecule has 1 N–H and O–H groups in total. The summed E-state index contributed by atoms with van der Waals surface area (Å²) in [6, 6.07) is 7.74. The Morgan fingerprint density at radius 2 is 1.95 bits per heavy atom. The molecule has 0 bridgehead atoms. The van der Waals surface area contributed by atoms with Gasteiger partial charge >= 0.3 is 0 Å². The van der Waals surface area contributed by atoms with E-state index in [1.807, 2.05) is 24.3 Å². The van der Waals surface area contributed by atoms with Gasteiger partial charge < -0.3 is 19.2 Å². The van der Waals surface area contributed by atoms with E-state index >= 15 is 0 Å². The summed E-state index contributed by atoms with van der Waals surface area (Å²) in [6.07, 6.45) is 5.13. The normalized spacial score (nSPS) is 10.6. The molecule has 0 radical (unpaired) electrons. The van der Waals surface area contributed by atoms with Crippen LogP contribution in [0.4, 0.5) is 5.82 Å². The number of ether oxygens (including phenoxy) is 2. The van der Waals surface area contributed by atoms with Gasteiger partial charge in [0.1, 0.15) is 5.82 Å². The Morgan fingerprint density at radius 3 is 2.67 bits per heavy atom. The van der Waals surface area contributed by atoms with Crippen molar-refractivity contribution in [1.29, 1.82) is 0 Å². The van der Waals surface area contributed by atoms with Crippen molar-refractivity contribution in [2.75, 3.05) is 19.5 Å². The highest BCUT2D eigenvalue weighted by Crippen LogP contribution is 2.34. The van der Waals surface area contributed by atoms with Gasteiger partial charge in [-0.3, -0.25) is 0 Å². The summed E-state index contributed by atoms with van der Waals surface area (Å²) in [5, 5.41) is 5.34. The second-order valence-electron chi connectivity index (χ2n) is 4.57. The van der Waals surface area contributed by atoms with Gasteiger partial charge in [-0.05, 0) is 29.7 Å². The van der Waals surface area contributed by atoms with Gasteiger partial charge in [-0.2, -0.15) is 0 Å². The highest BCUT2D eigenvalue weighted by Gasteiger charge is 2.09. The Morgan fingerprint density at radius 1 is 1.14 bits per heavy atom. The van der Waals surface area contributed by atoms with Crippen molar-refractivity contribution in [1.82, 2.24) is 4.98 Å². The van der Waals surface area contributed by atoms with Crippen molar-refractivity contribution in [3.63, 3.8) is 0 Å². The molecule has 0 atom stereocenters. The van der Waals surface area contributed by atoms with E-state index in [-0.39, 0.29) is 0 Å². The smallest absolute Gasteiger partial charge is 0.161 e. The summed E-state index contributed by atoms with van der Waals surface area (Å²) in [4.78, 5) is 4.40. The Bertz CT molecular complexity index is 739. The van der Waals surface area contributed by atoms with Gasteiger partial charge in [0.2, 0.25) is 0 Å². The fourth-order valence-electron chi connectivity index (χ4n) is 2.22. The molecule has 0 fully saturated rings. The van der Waals surface area contributed by atoms with Crippen LogP contribution >= 0.6 is 0 Å². The van der Waals surface area contributed by atoms with Crippen LogP contribution in [-0.2, 0) is 6.54 Å². The van der Waals surface area contributed by atoms with E-state index in [1.54, 1.807) is 32.9 Å². The van der Waals surface area contributed by atoms with Crippen LogP contribution in [-0.4, -0.2) is 19.2 Å². The first kappa shape index (κ1) is 13.3. The molecular weight excluding hydrogens is 268 g/mol. The summed E-state index contributed by atoms with van der Waals surface area (Å²) in [5.74, 6) is 2.19. The zero-order chi connectivity index (χ0) is 14.7. The van der Waals surface area contributed by atoms with Gasteiger partial charge in [0, 0.05) is 23.7 Å². The number of rotatable bonds is 5. The molecule has 3 rings (SSSR count). The summed E-state index contributed by atoms with van der Waals surface area (Å²) in [6.45, 7) is 0.650. The average Bonchev–Trinajstić information content (AvgIpc) is 3.04. The zero-order valence-corrected chi connectivity index (χ0v) is 11.9. The topological polar surface area (TPSA) is 56.5 Å². The third-order valence-electron chi connectivity index (χ3n) is 3.31. The lowest BCUT2D eigenvalue weighted by atomic mass is 10.1. The van der Waals surface area contributed by atoms with E-state index in [2.05, 4.69) is 10.3 Å². The van der Waals surface area contributed by atoms with Crippen LogP contribution in [0, 0.1) is 0 Å². The van der Waals surface area contributed by atoms with Gasteiger partial charge in [-0.15, -0.1) is 0 Å². The lowest BCUT2D eigenvalue weighted by molar-refractivity contribution is 0.356. The molecule has 0 unspecified atom stereocenters. The molecule has 0 aliphatic heterocycles. The van der Waals surface area contributed by atoms with Crippen molar-refractivity contribution in [3.05, 3.63) is 48.6 Å². The molecule has 2 heterocycles. The minimum absolute atomic E-state index is 0.650. The van der Waals surface area contributed by atoms with Crippen LogP contribution in [0.15, 0.2) is 47.4 Å². The largest absolute Gasteiger partial charge is 0.493 e. The first-order valence-electron chi connectivity index (χ1n) is 6.57.